The van der Waals surface area contributed by atoms with Gasteiger partial charge in [-0.2, -0.15) is 5.10 Å². The van der Waals surface area contributed by atoms with Crippen LogP contribution in [0.1, 0.15) is 37.4 Å². The Morgan fingerprint density at radius 2 is 1.90 bits per heavy atom. The van der Waals surface area contributed by atoms with Crippen LogP contribution in [0.15, 0.2) is 0 Å². The van der Waals surface area contributed by atoms with E-state index in [-0.39, 0.29) is 0 Å². The van der Waals surface area contributed by atoms with Gasteiger partial charge in [0.25, 0.3) is 0 Å². The van der Waals surface area contributed by atoms with Gasteiger partial charge in [-0.05, 0) is 31.6 Å². The maximum absolute atomic E-state index is 6.48. The summed E-state index contributed by atoms with van der Waals surface area (Å²) in [4.78, 5) is 2.41. The molecule has 2 unspecified atom stereocenters. The summed E-state index contributed by atoms with van der Waals surface area (Å²) < 4.78 is 3.41. The molecular formula is C16H28N5+. The van der Waals surface area contributed by atoms with Gasteiger partial charge in [-0.3, -0.25) is 4.68 Å². The number of rotatable bonds is 1. The molecule has 2 fully saturated rings. The van der Waals surface area contributed by atoms with E-state index in [9.17, 15) is 0 Å². The molecule has 3 aliphatic rings. The molecular weight excluding hydrogens is 262 g/mol. The first-order valence-electron chi connectivity index (χ1n) is 8.49. The lowest BCUT2D eigenvalue weighted by Gasteiger charge is -2.39. The van der Waals surface area contributed by atoms with Gasteiger partial charge in [0.2, 0.25) is 0 Å². The molecule has 3 heterocycles. The average molecular weight is 290 g/mol. The van der Waals surface area contributed by atoms with Crippen molar-refractivity contribution >= 4 is 11.5 Å². The van der Waals surface area contributed by atoms with Crippen molar-refractivity contribution in [2.24, 2.45) is 5.92 Å². The zero-order chi connectivity index (χ0) is 14.6. The predicted octanol–water partition coefficient (Wildman–Crippen LogP) is 1.65. The summed E-state index contributed by atoms with van der Waals surface area (Å²) in [7, 11) is 4.62. The molecule has 0 bridgehead atoms. The Kier molecular flexibility index (Phi) is 2.96. The summed E-state index contributed by atoms with van der Waals surface area (Å²) in [6.45, 7) is 4.49. The van der Waals surface area contributed by atoms with E-state index >= 15 is 0 Å². The van der Waals surface area contributed by atoms with Crippen molar-refractivity contribution in [3.8, 4) is 0 Å². The van der Waals surface area contributed by atoms with Crippen molar-refractivity contribution in [2.45, 2.75) is 38.1 Å². The van der Waals surface area contributed by atoms with Crippen LogP contribution in [0.2, 0.25) is 0 Å². The summed E-state index contributed by atoms with van der Waals surface area (Å²) in [6, 6.07) is 0.627. The Morgan fingerprint density at radius 1 is 1.14 bits per heavy atom. The Hall–Kier alpha value is -1.23. The Morgan fingerprint density at radius 3 is 2.67 bits per heavy atom. The van der Waals surface area contributed by atoms with Gasteiger partial charge in [0.1, 0.15) is 0 Å². The number of aromatic nitrogens is 2. The predicted molar refractivity (Wildman–Crippen MR) is 85.4 cm³/mol. The molecule has 21 heavy (non-hydrogen) atoms. The van der Waals surface area contributed by atoms with Crippen LogP contribution < -0.4 is 10.6 Å². The van der Waals surface area contributed by atoms with Crippen LogP contribution >= 0.6 is 0 Å². The van der Waals surface area contributed by atoms with Crippen molar-refractivity contribution < 1.29 is 4.48 Å². The first-order valence-corrected chi connectivity index (χ1v) is 8.49. The quantitative estimate of drug-likeness (QED) is 0.800. The highest BCUT2D eigenvalue weighted by atomic mass is 15.4. The number of piperazine rings is 1. The van der Waals surface area contributed by atoms with Crippen molar-refractivity contribution in [1.29, 1.82) is 0 Å². The van der Waals surface area contributed by atoms with Crippen LogP contribution in [0, 0.1) is 5.92 Å². The maximum atomic E-state index is 6.48. The second-order valence-corrected chi connectivity index (χ2v) is 7.80. The lowest BCUT2D eigenvalue weighted by Crippen LogP contribution is -2.55. The van der Waals surface area contributed by atoms with Gasteiger partial charge in [0.15, 0.2) is 5.82 Å². The highest BCUT2D eigenvalue weighted by molar-refractivity contribution is 5.66. The third kappa shape index (κ3) is 2.13. The van der Waals surface area contributed by atoms with Gasteiger partial charge < -0.3 is 15.1 Å². The van der Waals surface area contributed by atoms with E-state index in [1.165, 1.54) is 44.5 Å². The maximum Gasteiger partial charge on any atom is 0.174 e. The highest BCUT2D eigenvalue weighted by Gasteiger charge is 2.37. The van der Waals surface area contributed by atoms with Gasteiger partial charge >= 0.3 is 0 Å². The van der Waals surface area contributed by atoms with Crippen LogP contribution in [0.5, 0.6) is 0 Å². The highest BCUT2D eigenvalue weighted by Crippen LogP contribution is 2.45. The molecule has 1 aliphatic carbocycles. The van der Waals surface area contributed by atoms with Crippen LogP contribution in [-0.4, -0.2) is 54.5 Å². The number of likely N-dealkylation sites (N-methyl/N-ethyl adjacent to an activating group) is 1. The lowest BCUT2D eigenvalue weighted by atomic mass is 9.92. The minimum absolute atomic E-state index is 0.627. The van der Waals surface area contributed by atoms with E-state index < -0.39 is 0 Å². The zero-order valence-electron chi connectivity index (χ0n) is 13.4. The van der Waals surface area contributed by atoms with Gasteiger partial charge in [-0.1, -0.05) is 6.42 Å². The van der Waals surface area contributed by atoms with Crippen LogP contribution in [0.4, 0.5) is 11.5 Å². The Bertz CT molecular complexity index is 537. The van der Waals surface area contributed by atoms with E-state index in [2.05, 4.69) is 23.7 Å². The third-order valence-corrected chi connectivity index (χ3v) is 5.97. The second kappa shape index (κ2) is 4.63. The molecule has 0 aromatic carbocycles. The zero-order valence-corrected chi connectivity index (χ0v) is 13.4. The molecule has 1 aromatic heterocycles. The van der Waals surface area contributed by atoms with Crippen LogP contribution in [0.3, 0.4) is 0 Å². The van der Waals surface area contributed by atoms with E-state index in [1.807, 2.05) is 0 Å². The molecule has 2 aliphatic heterocycles. The number of nitrogen functional groups attached to an aromatic ring is 1. The number of hydrogen-bond donors (Lipinski definition) is 1. The molecule has 0 spiro atoms. The molecule has 5 heteroatoms. The molecule has 1 saturated heterocycles. The fraction of sp³-hybridized carbons (Fsp3) is 0.812. The largest absolute Gasteiger partial charge is 0.394 e. The molecule has 1 saturated carbocycles. The minimum atomic E-state index is 0.627. The number of quaternary nitrogens is 1. The minimum Gasteiger partial charge on any atom is -0.394 e. The lowest BCUT2D eigenvalue weighted by molar-refractivity contribution is -0.890. The van der Waals surface area contributed by atoms with E-state index in [1.54, 1.807) is 0 Å². The smallest absolute Gasteiger partial charge is 0.174 e. The first kappa shape index (κ1) is 13.4. The number of hydrogen-bond acceptors (Lipinski definition) is 3. The Balaban J connectivity index is 1.63. The molecule has 4 rings (SSSR count). The van der Waals surface area contributed by atoms with Gasteiger partial charge in [-0.15, -0.1) is 0 Å². The first-order chi connectivity index (χ1) is 10.1. The molecule has 116 valence electrons. The third-order valence-electron chi connectivity index (χ3n) is 5.97. The summed E-state index contributed by atoms with van der Waals surface area (Å²) in [5, 5.41) is 4.98. The fourth-order valence-electron chi connectivity index (χ4n) is 4.44. The normalized spacial score (nSPS) is 31.0. The summed E-state index contributed by atoms with van der Waals surface area (Å²) in [5.74, 6) is 1.92. The van der Waals surface area contributed by atoms with E-state index in [0.717, 1.165) is 41.4 Å². The molecule has 0 radical (unpaired) electrons. The average Bonchev–Trinajstić information content (AvgIpc) is 3.04. The second-order valence-electron chi connectivity index (χ2n) is 7.80. The van der Waals surface area contributed by atoms with Crippen molar-refractivity contribution in [3.05, 3.63) is 5.69 Å². The molecule has 5 nitrogen and oxygen atoms in total. The molecule has 1 aromatic rings. The molecule has 2 N–H and O–H groups in total. The molecule has 0 amide bonds. The standard InChI is InChI=1S/C16H28N5/c1-21(2)10-8-19(9-11-21)16-15(17)14-7-6-12-4-3-5-13(12)20(14)18-16/h12-13H,3-11,17H2,1-2H3/q+1. The fourth-order valence-corrected chi connectivity index (χ4v) is 4.44. The number of nitrogens with two attached hydrogens (primary N) is 1. The molecule has 2 atom stereocenters. The monoisotopic (exact) mass is 290 g/mol. The van der Waals surface area contributed by atoms with Crippen LogP contribution in [-0.2, 0) is 6.42 Å². The van der Waals surface area contributed by atoms with Gasteiger partial charge in [0, 0.05) is 0 Å². The SMILES string of the molecule is C[N+]1(C)CCN(c2nn3c(c2N)CCC2CCCC23)CC1. The van der Waals surface area contributed by atoms with Gasteiger partial charge in [0.05, 0.1) is 57.7 Å². The summed E-state index contributed by atoms with van der Waals surface area (Å²) in [5.41, 5.74) is 8.75. The van der Waals surface area contributed by atoms with Crippen molar-refractivity contribution in [3.63, 3.8) is 0 Å². The Labute approximate surface area is 127 Å². The van der Waals surface area contributed by atoms with Gasteiger partial charge in [-0.25, -0.2) is 0 Å². The number of nitrogens with zero attached hydrogens (tertiary/aromatic N) is 4. The summed E-state index contributed by atoms with van der Waals surface area (Å²) in [6.07, 6.45) is 6.47. The van der Waals surface area contributed by atoms with E-state index in [0.29, 0.717) is 6.04 Å². The number of anilines is 2. The van der Waals surface area contributed by atoms with Crippen molar-refractivity contribution in [2.75, 3.05) is 50.9 Å². The van der Waals surface area contributed by atoms with E-state index in [4.69, 9.17) is 10.8 Å². The topological polar surface area (TPSA) is 47.1 Å². The number of fused-ring (bicyclic) bond motifs is 3. The van der Waals surface area contributed by atoms with Crippen LogP contribution in [0.25, 0.3) is 0 Å². The van der Waals surface area contributed by atoms with Crippen molar-refractivity contribution in [1.82, 2.24) is 9.78 Å². The summed E-state index contributed by atoms with van der Waals surface area (Å²) >= 11 is 0.